The molecule has 0 aliphatic rings. The van der Waals surface area contributed by atoms with Gasteiger partial charge >= 0.3 is 0 Å². The molecule has 0 aliphatic heterocycles. The molecular formula is C16H22N4O. The molecule has 1 aromatic heterocycles. The van der Waals surface area contributed by atoms with Crippen molar-refractivity contribution in [2.45, 2.75) is 39.7 Å². The Morgan fingerprint density at radius 3 is 2.81 bits per heavy atom. The molecule has 2 aromatic rings. The number of rotatable bonds is 6. The van der Waals surface area contributed by atoms with Crippen molar-refractivity contribution >= 4 is 17.3 Å². The zero-order chi connectivity index (χ0) is 15.2. The number of nitrogens with zero attached hydrogens (tertiary/aromatic N) is 2. The van der Waals surface area contributed by atoms with Crippen molar-refractivity contribution in [2.75, 3.05) is 11.1 Å². The smallest absolute Gasteiger partial charge is 0.139 e. The summed E-state index contributed by atoms with van der Waals surface area (Å²) in [5, 5.41) is 3.28. The van der Waals surface area contributed by atoms with Gasteiger partial charge in [0, 0.05) is 17.3 Å². The Morgan fingerprint density at radius 1 is 1.29 bits per heavy atom. The molecule has 1 heterocycles. The summed E-state index contributed by atoms with van der Waals surface area (Å²) in [6, 6.07) is 7.84. The Labute approximate surface area is 125 Å². The lowest BCUT2D eigenvalue weighted by atomic mass is 10.2. The highest BCUT2D eigenvalue weighted by Gasteiger charge is 2.08. The molecule has 1 unspecified atom stereocenters. The summed E-state index contributed by atoms with van der Waals surface area (Å²) < 4.78 is 5.82. The van der Waals surface area contributed by atoms with Gasteiger partial charge in [-0.2, -0.15) is 0 Å². The van der Waals surface area contributed by atoms with Crippen LogP contribution in [-0.2, 0) is 6.42 Å². The maximum atomic E-state index is 5.88. The minimum absolute atomic E-state index is 0.196. The first-order valence-corrected chi connectivity index (χ1v) is 7.27. The lowest BCUT2D eigenvalue weighted by molar-refractivity contribution is 0.217. The van der Waals surface area contributed by atoms with Crippen LogP contribution in [0.4, 0.5) is 17.3 Å². The third-order valence-electron chi connectivity index (χ3n) is 3.34. The highest BCUT2D eigenvalue weighted by atomic mass is 16.5. The van der Waals surface area contributed by atoms with Gasteiger partial charge in [-0.25, -0.2) is 9.97 Å². The first kappa shape index (κ1) is 15.1. The van der Waals surface area contributed by atoms with Gasteiger partial charge in [0.1, 0.15) is 23.7 Å². The highest BCUT2D eigenvalue weighted by molar-refractivity contribution is 5.64. The van der Waals surface area contributed by atoms with E-state index in [2.05, 4.69) is 29.1 Å². The summed E-state index contributed by atoms with van der Waals surface area (Å²) in [4.78, 5) is 8.29. The van der Waals surface area contributed by atoms with Crippen LogP contribution in [0, 0.1) is 0 Å². The van der Waals surface area contributed by atoms with Crippen LogP contribution < -0.4 is 15.8 Å². The van der Waals surface area contributed by atoms with E-state index in [4.69, 9.17) is 10.5 Å². The van der Waals surface area contributed by atoms with Gasteiger partial charge in [0.05, 0.1) is 6.10 Å². The second kappa shape index (κ2) is 6.92. The van der Waals surface area contributed by atoms with Gasteiger partial charge < -0.3 is 15.8 Å². The number of nitrogen functional groups attached to an aromatic ring is 1. The van der Waals surface area contributed by atoms with E-state index in [1.54, 1.807) is 0 Å². The summed E-state index contributed by atoms with van der Waals surface area (Å²) in [5.41, 5.74) is 7.73. The zero-order valence-corrected chi connectivity index (χ0v) is 12.8. The van der Waals surface area contributed by atoms with Crippen molar-refractivity contribution in [3.63, 3.8) is 0 Å². The molecule has 21 heavy (non-hydrogen) atoms. The first-order chi connectivity index (χ1) is 10.1. The molecule has 1 atom stereocenters. The van der Waals surface area contributed by atoms with Crippen molar-refractivity contribution in [1.82, 2.24) is 9.97 Å². The van der Waals surface area contributed by atoms with Crippen LogP contribution in [0.5, 0.6) is 5.75 Å². The Kier molecular flexibility index (Phi) is 4.98. The van der Waals surface area contributed by atoms with Crippen LogP contribution in [0.1, 0.15) is 32.8 Å². The Morgan fingerprint density at radius 2 is 2.10 bits per heavy atom. The van der Waals surface area contributed by atoms with E-state index >= 15 is 0 Å². The van der Waals surface area contributed by atoms with Crippen molar-refractivity contribution in [3.8, 4) is 5.75 Å². The fraction of sp³-hybridized carbons (Fsp3) is 0.375. The summed E-state index contributed by atoms with van der Waals surface area (Å²) >= 11 is 0. The van der Waals surface area contributed by atoms with Gasteiger partial charge in [-0.15, -0.1) is 0 Å². The number of hydrogen-bond donors (Lipinski definition) is 2. The number of nitrogens with one attached hydrogen (secondary N) is 1. The molecule has 0 bridgehead atoms. The maximum Gasteiger partial charge on any atom is 0.139 e. The van der Waals surface area contributed by atoms with Gasteiger partial charge in [-0.05, 0) is 31.9 Å². The molecule has 0 aliphatic carbocycles. The molecular weight excluding hydrogens is 264 g/mol. The predicted octanol–water partition coefficient (Wildman–Crippen LogP) is 3.54. The minimum atomic E-state index is 0.196. The summed E-state index contributed by atoms with van der Waals surface area (Å²) in [5.74, 6) is 2.10. The maximum absolute atomic E-state index is 5.88. The molecule has 1 aromatic carbocycles. The van der Waals surface area contributed by atoms with Crippen LogP contribution in [0.2, 0.25) is 0 Å². The monoisotopic (exact) mass is 286 g/mol. The molecule has 5 heteroatoms. The highest BCUT2D eigenvalue weighted by Crippen LogP contribution is 2.25. The second-order valence-electron chi connectivity index (χ2n) is 4.93. The number of benzene rings is 1. The van der Waals surface area contributed by atoms with Crippen LogP contribution in [0.25, 0.3) is 0 Å². The standard InChI is InChI=1S/C16H22N4O/c1-4-11(3)21-13-8-6-7-12(9-13)20-16-14(5-2)15(17)18-10-19-16/h6-11H,4-5H2,1-3H3,(H3,17,18,19,20). The van der Waals surface area contributed by atoms with E-state index in [0.717, 1.165) is 35.7 Å². The minimum Gasteiger partial charge on any atom is -0.491 e. The molecule has 0 spiro atoms. The number of ether oxygens (including phenoxy) is 1. The number of aromatic nitrogens is 2. The molecule has 0 amide bonds. The summed E-state index contributed by atoms with van der Waals surface area (Å²) in [6.07, 6.45) is 3.41. The largest absolute Gasteiger partial charge is 0.491 e. The van der Waals surface area contributed by atoms with Gasteiger partial charge in [-0.3, -0.25) is 0 Å². The van der Waals surface area contributed by atoms with Gasteiger partial charge in [0.15, 0.2) is 0 Å². The normalized spacial score (nSPS) is 12.0. The zero-order valence-electron chi connectivity index (χ0n) is 12.8. The average molecular weight is 286 g/mol. The summed E-state index contributed by atoms with van der Waals surface area (Å²) in [6.45, 7) is 6.19. The van der Waals surface area contributed by atoms with Crippen LogP contribution in [-0.4, -0.2) is 16.1 Å². The van der Waals surface area contributed by atoms with Crippen molar-refractivity contribution in [3.05, 3.63) is 36.2 Å². The fourth-order valence-electron chi connectivity index (χ4n) is 1.98. The third kappa shape index (κ3) is 3.84. The first-order valence-electron chi connectivity index (χ1n) is 7.27. The Balaban J connectivity index is 2.20. The van der Waals surface area contributed by atoms with E-state index < -0.39 is 0 Å². The lowest BCUT2D eigenvalue weighted by Gasteiger charge is -2.15. The van der Waals surface area contributed by atoms with E-state index in [1.165, 1.54) is 6.33 Å². The van der Waals surface area contributed by atoms with E-state index in [1.807, 2.05) is 31.2 Å². The number of hydrogen-bond acceptors (Lipinski definition) is 5. The van der Waals surface area contributed by atoms with Crippen LogP contribution in [0.15, 0.2) is 30.6 Å². The molecule has 0 radical (unpaired) electrons. The molecule has 0 saturated carbocycles. The van der Waals surface area contributed by atoms with Gasteiger partial charge in [-0.1, -0.05) is 19.9 Å². The van der Waals surface area contributed by atoms with E-state index in [-0.39, 0.29) is 6.10 Å². The number of anilines is 3. The SMILES string of the molecule is CCc1c(N)ncnc1Nc1cccc(OC(C)CC)c1. The predicted molar refractivity (Wildman–Crippen MR) is 85.9 cm³/mol. The summed E-state index contributed by atoms with van der Waals surface area (Å²) in [7, 11) is 0. The lowest BCUT2D eigenvalue weighted by Crippen LogP contribution is -2.09. The van der Waals surface area contributed by atoms with Crippen molar-refractivity contribution in [1.29, 1.82) is 0 Å². The molecule has 0 fully saturated rings. The molecule has 3 N–H and O–H groups in total. The molecule has 0 saturated heterocycles. The Hall–Kier alpha value is -2.30. The Bertz CT molecular complexity index is 601. The average Bonchev–Trinajstić information content (AvgIpc) is 2.48. The number of nitrogens with two attached hydrogens (primary N) is 1. The van der Waals surface area contributed by atoms with Crippen molar-refractivity contribution < 1.29 is 4.74 Å². The van der Waals surface area contributed by atoms with E-state index in [0.29, 0.717) is 5.82 Å². The van der Waals surface area contributed by atoms with Crippen LogP contribution >= 0.6 is 0 Å². The topological polar surface area (TPSA) is 73.1 Å². The van der Waals surface area contributed by atoms with Gasteiger partial charge in [0.2, 0.25) is 0 Å². The molecule has 5 nitrogen and oxygen atoms in total. The fourth-order valence-corrected chi connectivity index (χ4v) is 1.98. The van der Waals surface area contributed by atoms with Crippen molar-refractivity contribution in [2.24, 2.45) is 0 Å². The van der Waals surface area contributed by atoms with E-state index in [9.17, 15) is 0 Å². The second-order valence-corrected chi connectivity index (χ2v) is 4.93. The quantitative estimate of drug-likeness (QED) is 0.849. The molecule has 2 rings (SSSR count). The molecule has 112 valence electrons. The van der Waals surface area contributed by atoms with Crippen LogP contribution in [0.3, 0.4) is 0 Å². The van der Waals surface area contributed by atoms with Gasteiger partial charge in [0.25, 0.3) is 0 Å². The third-order valence-corrected chi connectivity index (χ3v) is 3.34.